The molecule has 1 aliphatic rings. The Balaban J connectivity index is 2.68. The van der Waals surface area contributed by atoms with Crippen molar-refractivity contribution in [3.05, 3.63) is 0 Å². The van der Waals surface area contributed by atoms with Crippen molar-refractivity contribution in [3.8, 4) is 0 Å². The Labute approximate surface area is 89.3 Å². The summed E-state index contributed by atoms with van der Waals surface area (Å²) in [5, 5.41) is 0. The minimum Gasteiger partial charge on any atom is -0.302 e. The Morgan fingerprint density at radius 1 is 1.57 bits per heavy atom. The van der Waals surface area contributed by atoms with E-state index in [0.29, 0.717) is 0 Å². The molecule has 0 spiro atoms. The third kappa shape index (κ3) is 2.94. The van der Waals surface area contributed by atoms with Gasteiger partial charge in [0.05, 0.1) is 17.5 Å². The highest BCUT2D eigenvalue weighted by molar-refractivity contribution is 7.48. The molecule has 1 fully saturated rings. The van der Waals surface area contributed by atoms with E-state index in [4.69, 9.17) is 21.3 Å². The summed E-state index contributed by atoms with van der Waals surface area (Å²) in [5.74, 6) is 0.239. The van der Waals surface area contributed by atoms with Gasteiger partial charge in [0.15, 0.2) is 0 Å². The van der Waals surface area contributed by atoms with Crippen LogP contribution < -0.4 is 0 Å². The SMILES string of the molecule is CC1CCCCC1(C)OP(=O)(O)OCl. The highest BCUT2D eigenvalue weighted by Gasteiger charge is 2.41. The van der Waals surface area contributed by atoms with Crippen LogP contribution in [0.4, 0.5) is 0 Å². The maximum absolute atomic E-state index is 11.2. The van der Waals surface area contributed by atoms with Gasteiger partial charge in [0, 0.05) is 0 Å². The topological polar surface area (TPSA) is 55.8 Å². The predicted molar refractivity (Wildman–Crippen MR) is 53.9 cm³/mol. The molecule has 0 aromatic rings. The monoisotopic (exact) mass is 242 g/mol. The lowest BCUT2D eigenvalue weighted by atomic mass is 9.78. The highest BCUT2D eigenvalue weighted by Crippen LogP contribution is 2.53. The first-order valence-corrected chi connectivity index (χ1v) is 6.54. The van der Waals surface area contributed by atoms with Gasteiger partial charge in [-0.05, 0) is 25.7 Å². The number of hydrogen-bond acceptors (Lipinski definition) is 3. The number of phosphoric acid groups is 1. The Morgan fingerprint density at radius 3 is 2.71 bits per heavy atom. The van der Waals surface area contributed by atoms with Gasteiger partial charge in [0.1, 0.15) is 0 Å². The van der Waals surface area contributed by atoms with Crippen molar-refractivity contribution in [2.24, 2.45) is 5.92 Å². The van der Waals surface area contributed by atoms with E-state index in [-0.39, 0.29) is 5.92 Å². The van der Waals surface area contributed by atoms with Gasteiger partial charge in [0.2, 0.25) is 0 Å². The van der Waals surface area contributed by atoms with Crippen molar-refractivity contribution in [3.63, 3.8) is 0 Å². The van der Waals surface area contributed by atoms with E-state index in [2.05, 4.69) is 4.08 Å². The molecule has 1 saturated carbocycles. The van der Waals surface area contributed by atoms with Crippen LogP contribution in [0.25, 0.3) is 0 Å². The van der Waals surface area contributed by atoms with Crippen LogP contribution in [-0.2, 0) is 13.2 Å². The minimum atomic E-state index is -4.08. The normalized spacial score (nSPS) is 37.9. The number of hydrogen-bond donors (Lipinski definition) is 1. The quantitative estimate of drug-likeness (QED) is 0.772. The molecule has 3 atom stereocenters. The number of phosphoric ester groups is 1. The zero-order valence-electron chi connectivity index (χ0n) is 8.40. The maximum Gasteiger partial charge on any atom is 0.489 e. The molecule has 6 heteroatoms. The molecule has 4 nitrogen and oxygen atoms in total. The summed E-state index contributed by atoms with van der Waals surface area (Å²) in [7, 11) is -4.08. The average molecular weight is 243 g/mol. The Kier molecular flexibility index (Phi) is 4.01. The standard InChI is InChI=1S/C8H16ClO4P/c1-7-5-3-4-6-8(7,2)12-14(10,11)13-9/h7H,3-6H2,1-2H3,(H,10,11). The van der Waals surface area contributed by atoms with E-state index in [1.54, 1.807) is 0 Å². The van der Waals surface area contributed by atoms with Crippen molar-refractivity contribution >= 4 is 19.7 Å². The molecule has 0 bridgehead atoms. The lowest BCUT2D eigenvalue weighted by molar-refractivity contribution is -0.0195. The Hall–Kier alpha value is 0.400. The molecule has 1 N–H and O–H groups in total. The minimum absolute atomic E-state index is 0.239. The summed E-state index contributed by atoms with van der Waals surface area (Å²) in [6.07, 6.45) is 3.90. The first-order chi connectivity index (χ1) is 6.40. The largest absolute Gasteiger partial charge is 0.489 e. The molecule has 3 unspecified atom stereocenters. The molecule has 14 heavy (non-hydrogen) atoms. The molecule has 0 saturated heterocycles. The van der Waals surface area contributed by atoms with Crippen molar-refractivity contribution in [2.45, 2.75) is 45.1 Å². The van der Waals surface area contributed by atoms with E-state index in [1.165, 1.54) is 0 Å². The van der Waals surface area contributed by atoms with Gasteiger partial charge < -0.3 is 4.89 Å². The molecule has 84 valence electrons. The third-order valence-corrected chi connectivity index (χ3v) is 4.36. The van der Waals surface area contributed by atoms with Gasteiger partial charge in [0.25, 0.3) is 0 Å². The fraction of sp³-hybridized carbons (Fsp3) is 1.00. The number of halogens is 1. The second-order valence-corrected chi connectivity index (χ2v) is 5.76. The summed E-state index contributed by atoms with van der Waals surface area (Å²) in [5.41, 5.74) is -0.600. The van der Waals surface area contributed by atoms with Gasteiger partial charge in [-0.1, -0.05) is 19.8 Å². The van der Waals surface area contributed by atoms with Crippen molar-refractivity contribution < 1.29 is 18.1 Å². The van der Waals surface area contributed by atoms with Gasteiger partial charge >= 0.3 is 7.82 Å². The fourth-order valence-electron chi connectivity index (χ4n) is 1.89. The summed E-state index contributed by atoms with van der Waals surface area (Å²) in [4.78, 5) is 9.14. The summed E-state index contributed by atoms with van der Waals surface area (Å²) < 4.78 is 20.2. The van der Waals surface area contributed by atoms with E-state index in [0.717, 1.165) is 25.7 Å². The first-order valence-electron chi connectivity index (χ1n) is 4.73. The van der Waals surface area contributed by atoms with Crippen LogP contribution in [0, 0.1) is 5.92 Å². The second-order valence-electron chi connectivity index (χ2n) is 4.09. The zero-order valence-corrected chi connectivity index (χ0v) is 10.1. The van der Waals surface area contributed by atoms with E-state index in [1.807, 2.05) is 13.8 Å². The van der Waals surface area contributed by atoms with Crippen LogP contribution >= 0.6 is 19.7 Å². The van der Waals surface area contributed by atoms with Crippen LogP contribution in [0.1, 0.15) is 39.5 Å². The fourth-order valence-corrected chi connectivity index (χ4v) is 2.80. The Bertz CT molecular complexity index is 247. The zero-order chi connectivity index (χ0) is 10.8. The lowest BCUT2D eigenvalue weighted by Crippen LogP contribution is -2.38. The summed E-state index contributed by atoms with van der Waals surface area (Å²) >= 11 is 4.88. The maximum atomic E-state index is 11.2. The van der Waals surface area contributed by atoms with Crippen LogP contribution in [0.5, 0.6) is 0 Å². The third-order valence-electron chi connectivity index (χ3n) is 3.01. The smallest absolute Gasteiger partial charge is 0.302 e. The molecular weight excluding hydrogens is 227 g/mol. The highest BCUT2D eigenvalue weighted by atomic mass is 35.5. The van der Waals surface area contributed by atoms with E-state index >= 15 is 0 Å². The van der Waals surface area contributed by atoms with Crippen molar-refractivity contribution in [2.75, 3.05) is 0 Å². The molecule has 1 aliphatic carbocycles. The molecule has 0 aromatic carbocycles. The number of rotatable bonds is 3. The summed E-state index contributed by atoms with van der Waals surface area (Å²) in [6, 6.07) is 0. The van der Waals surface area contributed by atoms with Crippen molar-refractivity contribution in [1.82, 2.24) is 0 Å². The van der Waals surface area contributed by atoms with Crippen LogP contribution in [0.2, 0.25) is 0 Å². The molecule has 0 aliphatic heterocycles. The lowest BCUT2D eigenvalue weighted by Gasteiger charge is -2.39. The van der Waals surface area contributed by atoms with Crippen LogP contribution in [-0.4, -0.2) is 10.5 Å². The van der Waals surface area contributed by atoms with Gasteiger partial charge in [-0.25, -0.2) is 4.57 Å². The second kappa shape index (κ2) is 4.50. The average Bonchev–Trinajstić information content (AvgIpc) is 2.10. The van der Waals surface area contributed by atoms with Crippen LogP contribution in [0.15, 0.2) is 0 Å². The van der Waals surface area contributed by atoms with Gasteiger partial charge in [-0.2, -0.15) is 4.08 Å². The molecular formula is C8H16ClO4P. The van der Waals surface area contributed by atoms with Crippen LogP contribution in [0.3, 0.4) is 0 Å². The first kappa shape index (κ1) is 12.5. The Morgan fingerprint density at radius 2 is 2.21 bits per heavy atom. The molecule has 0 amide bonds. The molecule has 0 heterocycles. The van der Waals surface area contributed by atoms with Gasteiger partial charge in [-0.15, -0.1) is 0 Å². The van der Waals surface area contributed by atoms with E-state index < -0.39 is 13.4 Å². The van der Waals surface area contributed by atoms with Crippen molar-refractivity contribution in [1.29, 1.82) is 0 Å². The van der Waals surface area contributed by atoms with Gasteiger partial charge in [-0.3, -0.25) is 4.52 Å². The molecule has 0 radical (unpaired) electrons. The summed E-state index contributed by atoms with van der Waals surface area (Å²) in [6.45, 7) is 3.84. The molecule has 0 aromatic heterocycles. The van der Waals surface area contributed by atoms with E-state index in [9.17, 15) is 4.57 Å². The predicted octanol–water partition coefficient (Wildman–Crippen LogP) is 3.24. The molecule has 1 rings (SSSR count).